The van der Waals surface area contributed by atoms with E-state index >= 15 is 0 Å². The van der Waals surface area contributed by atoms with Gasteiger partial charge in [0.15, 0.2) is 5.79 Å². The normalized spacial score (nSPS) is 18.7. The molecule has 0 aliphatic heterocycles. The largest absolute Gasteiger partial charge is 0.364 e. The van der Waals surface area contributed by atoms with Crippen LogP contribution in [-0.4, -0.2) is 38.0 Å². The molecular formula is C24H29F2N3O3. The van der Waals surface area contributed by atoms with Crippen LogP contribution >= 0.6 is 0 Å². The van der Waals surface area contributed by atoms with E-state index in [1.165, 1.54) is 7.11 Å². The van der Waals surface area contributed by atoms with E-state index in [9.17, 15) is 18.7 Å². The zero-order chi connectivity index (χ0) is 23.3. The molecule has 2 heterocycles. The van der Waals surface area contributed by atoms with Crippen LogP contribution in [0.25, 0.3) is 22.2 Å². The van der Waals surface area contributed by atoms with Crippen molar-refractivity contribution in [2.45, 2.75) is 63.7 Å². The second kappa shape index (κ2) is 8.08. The summed E-state index contributed by atoms with van der Waals surface area (Å²) < 4.78 is 36.2. The lowest BCUT2D eigenvalue weighted by atomic mass is 9.86. The van der Waals surface area contributed by atoms with Gasteiger partial charge in [0.25, 0.3) is 5.56 Å². The van der Waals surface area contributed by atoms with Gasteiger partial charge in [-0.05, 0) is 56.0 Å². The second-order valence-corrected chi connectivity index (χ2v) is 9.10. The highest BCUT2D eigenvalue weighted by Gasteiger charge is 2.37. The second-order valence-electron chi connectivity index (χ2n) is 9.10. The molecule has 6 nitrogen and oxygen atoms in total. The lowest BCUT2D eigenvalue weighted by Gasteiger charge is -2.30. The van der Waals surface area contributed by atoms with E-state index in [0.29, 0.717) is 24.2 Å². The smallest absolute Gasteiger partial charge is 0.253 e. The first-order valence-corrected chi connectivity index (χ1v) is 10.8. The van der Waals surface area contributed by atoms with Crippen LogP contribution in [0, 0.1) is 6.92 Å². The molecule has 0 amide bonds. The van der Waals surface area contributed by atoms with Gasteiger partial charge < -0.3 is 19.0 Å². The van der Waals surface area contributed by atoms with Crippen molar-refractivity contribution in [3.8, 4) is 11.1 Å². The van der Waals surface area contributed by atoms with E-state index in [4.69, 9.17) is 9.72 Å². The Kier molecular flexibility index (Phi) is 5.71. The summed E-state index contributed by atoms with van der Waals surface area (Å²) in [6.07, 6.45) is 2.15. The number of fused-ring (bicyclic) bond motifs is 1. The molecule has 1 N–H and O–H groups in total. The van der Waals surface area contributed by atoms with Crippen molar-refractivity contribution in [2.24, 2.45) is 7.05 Å². The minimum Gasteiger partial charge on any atom is -0.364 e. The summed E-state index contributed by atoms with van der Waals surface area (Å²) in [5.74, 6) is -3.48. The molecule has 2 aromatic heterocycles. The Morgan fingerprint density at radius 1 is 1.25 bits per heavy atom. The monoisotopic (exact) mass is 445 g/mol. The molecule has 0 radical (unpaired) electrons. The van der Waals surface area contributed by atoms with Crippen LogP contribution in [0.2, 0.25) is 0 Å². The van der Waals surface area contributed by atoms with Gasteiger partial charge in [0.2, 0.25) is 5.92 Å². The van der Waals surface area contributed by atoms with Crippen LogP contribution in [0.4, 0.5) is 8.78 Å². The summed E-state index contributed by atoms with van der Waals surface area (Å²) >= 11 is 0. The molecule has 1 atom stereocenters. The maximum atomic E-state index is 13.7. The van der Waals surface area contributed by atoms with Gasteiger partial charge in [-0.3, -0.25) is 4.79 Å². The van der Waals surface area contributed by atoms with Crippen LogP contribution in [-0.2, 0) is 18.3 Å². The minimum absolute atomic E-state index is 0.0487. The Labute approximate surface area is 185 Å². The van der Waals surface area contributed by atoms with Crippen molar-refractivity contribution in [1.29, 1.82) is 0 Å². The van der Waals surface area contributed by atoms with E-state index in [0.717, 1.165) is 22.2 Å². The van der Waals surface area contributed by atoms with Crippen LogP contribution in [0.5, 0.6) is 0 Å². The standard InChI is InChI=1S/C24H29F2N3O3/c1-15-11-18(13-28(3)22(15)30)17-5-6-19-20(12-17)29(14-23(2,31)32-4)21(27-19)16-7-9-24(25,26)10-8-16/h5-6,11-13,16,31H,7-10,14H2,1-4H3/t23-/m1/s1. The van der Waals surface area contributed by atoms with Crippen LogP contribution in [0.15, 0.2) is 35.3 Å². The van der Waals surface area contributed by atoms with Gasteiger partial charge >= 0.3 is 0 Å². The molecule has 1 aliphatic carbocycles. The third-order valence-corrected chi connectivity index (χ3v) is 6.45. The molecule has 3 aromatic rings. The highest BCUT2D eigenvalue weighted by atomic mass is 19.3. The van der Waals surface area contributed by atoms with Gasteiger partial charge in [0.05, 0.1) is 17.6 Å². The highest BCUT2D eigenvalue weighted by molar-refractivity contribution is 5.83. The molecule has 8 heteroatoms. The van der Waals surface area contributed by atoms with Crippen LogP contribution in [0.3, 0.4) is 0 Å². The van der Waals surface area contributed by atoms with E-state index in [2.05, 4.69) is 0 Å². The van der Waals surface area contributed by atoms with Gasteiger partial charge in [-0.1, -0.05) is 6.07 Å². The Bertz CT molecular complexity index is 1180. The van der Waals surface area contributed by atoms with Crippen molar-refractivity contribution in [3.63, 3.8) is 0 Å². The summed E-state index contributed by atoms with van der Waals surface area (Å²) in [6.45, 7) is 3.47. The van der Waals surface area contributed by atoms with E-state index in [1.54, 1.807) is 31.7 Å². The molecule has 172 valence electrons. The van der Waals surface area contributed by atoms with Crippen molar-refractivity contribution in [1.82, 2.24) is 14.1 Å². The quantitative estimate of drug-likeness (QED) is 0.593. The first-order chi connectivity index (χ1) is 15.0. The Hall–Kier alpha value is -2.58. The lowest BCUT2D eigenvalue weighted by Crippen LogP contribution is -2.34. The van der Waals surface area contributed by atoms with Gasteiger partial charge in [-0.15, -0.1) is 0 Å². The third kappa shape index (κ3) is 4.34. The molecule has 0 saturated heterocycles. The number of pyridine rings is 1. The van der Waals surface area contributed by atoms with Crippen LogP contribution < -0.4 is 5.56 Å². The molecule has 1 saturated carbocycles. The average Bonchev–Trinajstić information content (AvgIpc) is 3.08. The number of halogens is 2. The lowest BCUT2D eigenvalue weighted by molar-refractivity contribution is -0.179. The van der Waals surface area contributed by atoms with Crippen molar-refractivity contribution in [2.75, 3.05) is 7.11 Å². The highest BCUT2D eigenvalue weighted by Crippen LogP contribution is 2.41. The summed E-state index contributed by atoms with van der Waals surface area (Å²) in [4.78, 5) is 16.9. The number of benzene rings is 1. The predicted molar refractivity (Wildman–Crippen MR) is 119 cm³/mol. The fourth-order valence-electron chi connectivity index (χ4n) is 4.49. The number of methoxy groups -OCH3 is 1. The molecule has 0 bridgehead atoms. The number of nitrogens with zero attached hydrogens (tertiary/aromatic N) is 3. The minimum atomic E-state index is -2.63. The zero-order valence-corrected chi connectivity index (χ0v) is 18.9. The van der Waals surface area contributed by atoms with Crippen molar-refractivity contribution < 1.29 is 18.6 Å². The van der Waals surface area contributed by atoms with Gasteiger partial charge in [0, 0.05) is 44.7 Å². The van der Waals surface area contributed by atoms with E-state index in [1.807, 2.05) is 28.8 Å². The molecule has 0 unspecified atom stereocenters. The number of imidazole rings is 1. The fourth-order valence-corrected chi connectivity index (χ4v) is 4.49. The molecule has 1 aliphatic rings. The number of aromatic nitrogens is 3. The predicted octanol–water partition coefficient (Wildman–Crippen LogP) is 4.36. The van der Waals surface area contributed by atoms with E-state index < -0.39 is 11.7 Å². The number of rotatable bonds is 5. The topological polar surface area (TPSA) is 69.3 Å². The summed E-state index contributed by atoms with van der Waals surface area (Å²) in [6, 6.07) is 7.64. The number of ether oxygens (including phenoxy) is 1. The van der Waals surface area contributed by atoms with Crippen molar-refractivity contribution >= 4 is 11.0 Å². The maximum absolute atomic E-state index is 13.7. The molecule has 32 heavy (non-hydrogen) atoms. The van der Waals surface area contributed by atoms with Gasteiger partial charge in [-0.2, -0.15) is 0 Å². The molecule has 4 rings (SSSR count). The third-order valence-electron chi connectivity index (χ3n) is 6.45. The first-order valence-electron chi connectivity index (χ1n) is 10.8. The van der Waals surface area contributed by atoms with Crippen LogP contribution in [0.1, 0.15) is 49.9 Å². The average molecular weight is 446 g/mol. The number of alkyl halides is 2. The van der Waals surface area contributed by atoms with Gasteiger partial charge in [0.1, 0.15) is 5.82 Å². The number of aliphatic hydroxyl groups is 1. The molecule has 1 fully saturated rings. The number of hydrogen-bond donors (Lipinski definition) is 1. The summed E-state index contributed by atoms with van der Waals surface area (Å²) in [5, 5.41) is 10.6. The molecule has 1 aromatic carbocycles. The summed E-state index contributed by atoms with van der Waals surface area (Å²) in [7, 11) is 3.15. The molecule has 0 spiro atoms. The fraction of sp³-hybridized carbons (Fsp3) is 0.500. The van der Waals surface area contributed by atoms with E-state index in [-0.39, 0.29) is 30.9 Å². The Morgan fingerprint density at radius 2 is 1.94 bits per heavy atom. The SMILES string of the molecule is CO[C@@](C)(O)Cn1c(C2CCC(F)(F)CC2)nc2ccc(-c3cc(C)c(=O)n(C)c3)cc21. The van der Waals surface area contributed by atoms with Crippen molar-refractivity contribution in [3.05, 3.63) is 52.2 Å². The maximum Gasteiger partial charge on any atom is 0.253 e. The first kappa shape index (κ1) is 22.6. The number of hydrogen-bond acceptors (Lipinski definition) is 4. The molecular weight excluding hydrogens is 416 g/mol. The Morgan fingerprint density at radius 3 is 2.56 bits per heavy atom. The Balaban J connectivity index is 1.83. The summed E-state index contributed by atoms with van der Waals surface area (Å²) in [5.41, 5.74) is 3.90. The zero-order valence-electron chi connectivity index (χ0n) is 18.9. The van der Waals surface area contributed by atoms with Gasteiger partial charge in [-0.25, -0.2) is 13.8 Å². The number of aryl methyl sites for hydroxylation is 2.